The van der Waals surface area contributed by atoms with E-state index in [4.69, 9.17) is 5.11 Å². The summed E-state index contributed by atoms with van der Waals surface area (Å²) in [6, 6.07) is 0. The molecule has 0 bridgehead atoms. The summed E-state index contributed by atoms with van der Waals surface area (Å²) >= 11 is 2.60. The summed E-state index contributed by atoms with van der Waals surface area (Å²) in [7, 11) is 0. The number of hydrogen-bond acceptors (Lipinski definition) is 1. The Morgan fingerprint density at radius 2 is 1.80 bits per heavy atom. The fourth-order valence-corrected chi connectivity index (χ4v) is 1.11. The minimum absolute atomic E-state index is 0.455. The van der Waals surface area contributed by atoms with Gasteiger partial charge >= 0.3 is 71.0 Å². The molecule has 0 saturated heterocycles. The van der Waals surface area contributed by atoms with Crippen molar-refractivity contribution < 1.29 is 21.0 Å². The number of hydrogen-bond donors (Lipinski definition) is 1. The molecule has 1 N–H and O–H groups in total. The Bertz CT molecular complexity index is 91.3. The second-order valence-corrected chi connectivity index (χ2v) is 3.29. The third kappa shape index (κ3) is 8.36. The Kier molecular flexibility index (Phi) is 7.74. The van der Waals surface area contributed by atoms with E-state index < -0.39 is 0 Å². The molecule has 0 aromatic rings. The molecule has 2 heteroatoms. The molecule has 0 fully saturated rings. The molecule has 0 aromatic heterocycles. The van der Waals surface area contributed by atoms with Crippen molar-refractivity contribution in [2.24, 2.45) is 0 Å². The van der Waals surface area contributed by atoms with E-state index in [1.165, 1.54) is 25.7 Å². The molecule has 0 atom stereocenters. The maximum absolute atomic E-state index is 8.77. The third-order valence-corrected chi connectivity index (χ3v) is 1.81. The molecular formula is C8H16CrO. The van der Waals surface area contributed by atoms with Crippen LogP contribution in [0.5, 0.6) is 0 Å². The predicted molar refractivity (Wildman–Crippen MR) is 40.3 cm³/mol. The Morgan fingerprint density at radius 1 is 1.20 bits per heavy atom. The number of rotatable bonds is 6. The first-order chi connectivity index (χ1) is 4.77. The molecule has 0 aromatic carbocycles. The molecule has 0 aliphatic heterocycles. The van der Waals surface area contributed by atoms with Crippen LogP contribution in [0.25, 0.3) is 0 Å². The van der Waals surface area contributed by atoms with Gasteiger partial charge < -0.3 is 0 Å². The van der Waals surface area contributed by atoms with Crippen LogP contribution >= 0.6 is 0 Å². The summed E-state index contributed by atoms with van der Waals surface area (Å²) in [5.41, 5.74) is 0. The van der Waals surface area contributed by atoms with E-state index in [0.29, 0.717) is 4.57 Å². The summed E-state index contributed by atoms with van der Waals surface area (Å²) in [5, 5.41) is 8.77. The van der Waals surface area contributed by atoms with Gasteiger partial charge in [0.15, 0.2) is 0 Å². The average molecular weight is 180 g/mol. The summed E-state index contributed by atoms with van der Waals surface area (Å²) in [6.07, 6.45) is 7.13. The van der Waals surface area contributed by atoms with Gasteiger partial charge in [-0.2, -0.15) is 0 Å². The molecule has 0 radical (unpaired) electrons. The fourth-order valence-electron chi connectivity index (χ4n) is 0.880. The monoisotopic (exact) mass is 180 g/mol. The quantitative estimate of drug-likeness (QED) is 0.622. The van der Waals surface area contributed by atoms with Crippen LogP contribution in [0, 0.1) is 0 Å². The van der Waals surface area contributed by atoms with Crippen molar-refractivity contribution in [3.05, 3.63) is 0 Å². The number of unbranched alkanes of at least 4 members (excludes halogenated alkanes) is 4. The van der Waals surface area contributed by atoms with Crippen molar-refractivity contribution in [3.8, 4) is 0 Å². The van der Waals surface area contributed by atoms with Gasteiger partial charge in [0, 0.05) is 0 Å². The van der Waals surface area contributed by atoms with Crippen molar-refractivity contribution in [2.75, 3.05) is 0 Å². The van der Waals surface area contributed by atoms with E-state index in [1.54, 1.807) is 0 Å². The van der Waals surface area contributed by atoms with Crippen LogP contribution in [0.2, 0.25) is 0 Å². The molecule has 0 spiro atoms. The van der Waals surface area contributed by atoms with Gasteiger partial charge in [-0.1, -0.05) is 0 Å². The van der Waals surface area contributed by atoms with Gasteiger partial charge in [-0.05, 0) is 0 Å². The molecule has 0 rings (SSSR count). The minimum atomic E-state index is 0.455. The normalized spacial score (nSPS) is 9.80. The third-order valence-electron chi connectivity index (χ3n) is 1.49. The van der Waals surface area contributed by atoms with Gasteiger partial charge in [0.05, 0.1) is 0 Å². The molecule has 0 heterocycles. The first-order valence-electron chi connectivity index (χ1n) is 3.99. The predicted octanol–water partition coefficient (Wildman–Crippen LogP) is 2.40. The molecule has 60 valence electrons. The van der Waals surface area contributed by atoms with E-state index in [-0.39, 0.29) is 0 Å². The molecule has 0 amide bonds. The zero-order valence-electron chi connectivity index (χ0n) is 6.60. The summed E-state index contributed by atoms with van der Waals surface area (Å²) in [4.78, 5) is 0. The topological polar surface area (TPSA) is 20.2 Å². The van der Waals surface area contributed by atoms with Crippen LogP contribution in [0.4, 0.5) is 0 Å². The Labute approximate surface area is 71.4 Å². The van der Waals surface area contributed by atoms with Gasteiger partial charge in [-0.15, -0.1) is 0 Å². The Hall–Kier alpha value is 0.362. The van der Waals surface area contributed by atoms with Crippen molar-refractivity contribution in [3.63, 3.8) is 0 Å². The second kappa shape index (κ2) is 7.47. The average Bonchev–Trinajstić information content (AvgIpc) is 1.87. The van der Waals surface area contributed by atoms with Crippen LogP contribution in [-0.4, -0.2) is 9.67 Å². The summed E-state index contributed by atoms with van der Waals surface area (Å²) in [6.45, 7) is 2.21. The van der Waals surface area contributed by atoms with Crippen LogP contribution in [-0.2, 0) is 15.9 Å². The number of aliphatic hydroxyl groups excluding tert-OH is 1. The Balaban J connectivity index is 2.84. The zero-order valence-corrected chi connectivity index (χ0v) is 7.87. The molecule has 10 heavy (non-hydrogen) atoms. The van der Waals surface area contributed by atoms with Crippen molar-refractivity contribution in [1.29, 1.82) is 0 Å². The van der Waals surface area contributed by atoms with Crippen molar-refractivity contribution >= 4 is 4.57 Å². The van der Waals surface area contributed by atoms with E-state index in [2.05, 4.69) is 22.8 Å². The van der Waals surface area contributed by atoms with Gasteiger partial charge in [0.25, 0.3) is 0 Å². The van der Waals surface area contributed by atoms with Crippen LogP contribution in [0.15, 0.2) is 0 Å². The maximum atomic E-state index is 8.77. The van der Waals surface area contributed by atoms with Gasteiger partial charge in [-0.25, -0.2) is 0 Å². The van der Waals surface area contributed by atoms with Gasteiger partial charge in [-0.3, -0.25) is 0 Å². The van der Waals surface area contributed by atoms with Crippen molar-refractivity contribution in [1.82, 2.24) is 0 Å². The molecule has 0 aliphatic rings. The van der Waals surface area contributed by atoms with E-state index in [9.17, 15) is 0 Å². The molecule has 0 aliphatic carbocycles. The van der Waals surface area contributed by atoms with Gasteiger partial charge in [0.2, 0.25) is 0 Å². The van der Waals surface area contributed by atoms with Crippen LogP contribution in [0.1, 0.15) is 45.4 Å². The standard InChI is InChI=1S/C8H16O.Cr/c1-2-3-4-5-6-7-8-9;/h9H,2-7H2,1H3;. The van der Waals surface area contributed by atoms with E-state index in [0.717, 1.165) is 12.8 Å². The van der Waals surface area contributed by atoms with E-state index >= 15 is 0 Å². The van der Waals surface area contributed by atoms with Crippen LogP contribution < -0.4 is 0 Å². The molecule has 0 saturated carbocycles. The molecular weight excluding hydrogens is 164 g/mol. The fraction of sp³-hybridized carbons (Fsp3) is 0.875. The zero-order chi connectivity index (χ0) is 7.82. The van der Waals surface area contributed by atoms with Crippen molar-refractivity contribution in [2.45, 2.75) is 45.4 Å². The molecule has 1 nitrogen and oxygen atoms in total. The number of aliphatic hydroxyl groups is 1. The first-order valence-corrected chi connectivity index (χ1v) is 4.63. The molecule has 0 unspecified atom stereocenters. The summed E-state index contributed by atoms with van der Waals surface area (Å²) in [5.74, 6) is 0. The SMILES string of the molecule is CCCCCCC[C](O)=[Cr]. The second-order valence-electron chi connectivity index (χ2n) is 2.56. The first kappa shape index (κ1) is 10.4. The summed E-state index contributed by atoms with van der Waals surface area (Å²) < 4.78 is 0.455. The van der Waals surface area contributed by atoms with E-state index in [1.807, 2.05) is 0 Å². The van der Waals surface area contributed by atoms with Gasteiger partial charge in [0.1, 0.15) is 0 Å². The van der Waals surface area contributed by atoms with Crippen LogP contribution in [0.3, 0.4) is 0 Å². The Morgan fingerprint density at radius 3 is 2.30 bits per heavy atom.